The van der Waals surface area contributed by atoms with Crippen molar-refractivity contribution in [1.29, 1.82) is 0 Å². The van der Waals surface area contributed by atoms with Crippen molar-refractivity contribution in [2.24, 2.45) is 5.92 Å². The molecule has 0 N–H and O–H groups in total. The number of amides is 1. The maximum atomic E-state index is 13.1. The summed E-state index contributed by atoms with van der Waals surface area (Å²) in [6.07, 6.45) is 3.13. The Morgan fingerprint density at radius 2 is 1.90 bits per heavy atom. The van der Waals surface area contributed by atoms with Gasteiger partial charge < -0.3 is 14.3 Å². The first kappa shape index (κ1) is 20.8. The van der Waals surface area contributed by atoms with Gasteiger partial charge in [-0.25, -0.2) is 13.4 Å². The molecule has 4 heterocycles. The highest BCUT2D eigenvalue weighted by atomic mass is 32.2. The second kappa shape index (κ2) is 8.35. The molecule has 10 heteroatoms. The Kier molecular flexibility index (Phi) is 5.79. The monoisotopic (exact) mass is 433 g/mol. The molecule has 0 spiro atoms. The molecule has 4 rings (SSSR count). The lowest BCUT2D eigenvalue weighted by atomic mass is 9.98. The van der Waals surface area contributed by atoms with E-state index in [1.54, 1.807) is 20.0 Å². The Morgan fingerprint density at radius 1 is 1.13 bits per heavy atom. The average Bonchev–Trinajstić information content (AvgIpc) is 3.12. The zero-order valence-corrected chi connectivity index (χ0v) is 18.1. The molecule has 2 saturated heterocycles. The molecule has 30 heavy (non-hydrogen) atoms. The largest absolute Gasteiger partial charge is 0.360 e. The maximum Gasteiger partial charge on any atom is 0.248 e. The summed E-state index contributed by atoms with van der Waals surface area (Å²) in [5, 5.41) is 3.77. The van der Waals surface area contributed by atoms with Crippen LogP contribution in [0.4, 0.5) is 5.82 Å². The summed E-state index contributed by atoms with van der Waals surface area (Å²) in [6, 6.07) is 5.81. The van der Waals surface area contributed by atoms with E-state index in [1.165, 1.54) is 4.31 Å². The van der Waals surface area contributed by atoms with Crippen LogP contribution in [0.2, 0.25) is 0 Å². The van der Waals surface area contributed by atoms with Crippen molar-refractivity contribution in [2.75, 3.05) is 44.2 Å². The first-order chi connectivity index (χ1) is 14.4. The van der Waals surface area contributed by atoms with Crippen molar-refractivity contribution in [2.45, 2.75) is 31.6 Å². The third kappa shape index (κ3) is 3.93. The molecule has 2 aromatic heterocycles. The van der Waals surface area contributed by atoms with E-state index in [0.29, 0.717) is 38.2 Å². The van der Waals surface area contributed by atoms with E-state index < -0.39 is 10.0 Å². The number of sulfonamides is 1. The molecule has 1 atom stereocenters. The van der Waals surface area contributed by atoms with Crippen molar-refractivity contribution in [1.82, 2.24) is 19.3 Å². The van der Waals surface area contributed by atoms with Crippen LogP contribution in [0.3, 0.4) is 0 Å². The number of aryl methyl sites for hydroxylation is 2. The molecule has 0 bridgehead atoms. The van der Waals surface area contributed by atoms with Gasteiger partial charge in [-0.05, 0) is 38.8 Å². The van der Waals surface area contributed by atoms with E-state index in [4.69, 9.17) is 4.52 Å². The number of carbonyl (C=O) groups is 1. The summed E-state index contributed by atoms with van der Waals surface area (Å²) < 4.78 is 32.7. The fourth-order valence-electron chi connectivity index (χ4n) is 4.29. The van der Waals surface area contributed by atoms with Gasteiger partial charge in [-0.3, -0.25) is 4.79 Å². The third-order valence-electron chi connectivity index (χ3n) is 5.86. The van der Waals surface area contributed by atoms with Crippen LogP contribution in [-0.4, -0.2) is 72.9 Å². The molecule has 0 saturated carbocycles. The number of carbonyl (C=O) groups excluding carboxylic acids is 1. The van der Waals surface area contributed by atoms with E-state index in [2.05, 4.69) is 15.0 Å². The van der Waals surface area contributed by atoms with Gasteiger partial charge in [0.2, 0.25) is 15.9 Å². The molecule has 1 amide bonds. The van der Waals surface area contributed by atoms with Crippen molar-refractivity contribution >= 4 is 21.7 Å². The summed E-state index contributed by atoms with van der Waals surface area (Å²) in [6.45, 7) is 6.49. The average molecular weight is 434 g/mol. The highest BCUT2D eigenvalue weighted by Gasteiger charge is 2.38. The zero-order valence-electron chi connectivity index (χ0n) is 17.3. The van der Waals surface area contributed by atoms with E-state index in [-0.39, 0.29) is 29.0 Å². The first-order valence-electron chi connectivity index (χ1n) is 10.3. The van der Waals surface area contributed by atoms with E-state index in [9.17, 15) is 13.2 Å². The maximum absolute atomic E-state index is 13.1. The van der Waals surface area contributed by atoms with Gasteiger partial charge in [0, 0.05) is 45.5 Å². The van der Waals surface area contributed by atoms with Crippen LogP contribution in [0.15, 0.2) is 33.8 Å². The molecule has 0 aromatic carbocycles. The van der Waals surface area contributed by atoms with Crippen LogP contribution < -0.4 is 4.90 Å². The normalized spacial score (nSPS) is 21.1. The SMILES string of the molecule is Cc1noc(C)c1S(=O)(=O)N1CCCC(C(=O)N2CCN(c3ccccn3)CC2)C1. The molecular formula is C20H27N5O4S. The standard InChI is InChI=1S/C20H27N5O4S/c1-15-19(16(2)29-22-15)30(27,28)25-9-5-6-17(14-25)20(26)24-12-10-23(11-13-24)18-7-3-4-8-21-18/h3-4,7-8,17H,5-6,9-14H2,1-2H3. The highest BCUT2D eigenvalue weighted by molar-refractivity contribution is 7.89. The van der Waals surface area contributed by atoms with E-state index in [0.717, 1.165) is 18.9 Å². The molecule has 162 valence electrons. The molecule has 2 aliphatic heterocycles. The molecule has 2 aromatic rings. The van der Waals surface area contributed by atoms with Gasteiger partial charge >= 0.3 is 0 Å². The van der Waals surface area contributed by atoms with Crippen LogP contribution in [0.1, 0.15) is 24.3 Å². The fourth-order valence-corrected chi connectivity index (χ4v) is 6.10. The summed E-state index contributed by atoms with van der Waals surface area (Å²) >= 11 is 0. The van der Waals surface area contributed by atoms with Crippen LogP contribution in [0.5, 0.6) is 0 Å². The first-order valence-corrected chi connectivity index (χ1v) is 11.7. The van der Waals surface area contributed by atoms with Gasteiger partial charge in [0.1, 0.15) is 16.4 Å². The Bertz CT molecular complexity index is 980. The van der Waals surface area contributed by atoms with Crippen molar-refractivity contribution < 1.29 is 17.7 Å². The van der Waals surface area contributed by atoms with Crippen molar-refractivity contribution in [3.8, 4) is 0 Å². The number of pyridine rings is 1. The summed E-state index contributed by atoms with van der Waals surface area (Å²) in [5.41, 5.74) is 0.353. The second-order valence-electron chi connectivity index (χ2n) is 7.86. The minimum atomic E-state index is -3.73. The zero-order chi connectivity index (χ0) is 21.3. The highest BCUT2D eigenvalue weighted by Crippen LogP contribution is 2.28. The number of hydrogen-bond donors (Lipinski definition) is 0. The van der Waals surface area contributed by atoms with Gasteiger partial charge in [-0.2, -0.15) is 4.31 Å². The minimum absolute atomic E-state index is 0.0364. The number of rotatable bonds is 4. The summed E-state index contributed by atoms with van der Waals surface area (Å²) in [4.78, 5) is 21.7. The van der Waals surface area contributed by atoms with E-state index in [1.807, 2.05) is 23.1 Å². The fraction of sp³-hybridized carbons (Fsp3) is 0.550. The summed E-state index contributed by atoms with van der Waals surface area (Å²) in [5.74, 6) is 0.912. The molecule has 0 radical (unpaired) electrons. The number of anilines is 1. The molecule has 1 unspecified atom stereocenters. The lowest BCUT2D eigenvalue weighted by molar-refractivity contribution is -0.137. The van der Waals surface area contributed by atoms with Crippen LogP contribution in [-0.2, 0) is 14.8 Å². The quantitative estimate of drug-likeness (QED) is 0.719. The van der Waals surface area contributed by atoms with Gasteiger partial charge in [0.05, 0.1) is 5.92 Å². The van der Waals surface area contributed by atoms with E-state index >= 15 is 0 Å². The van der Waals surface area contributed by atoms with Crippen LogP contribution >= 0.6 is 0 Å². The molecule has 9 nitrogen and oxygen atoms in total. The van der Waals surface area contributed by atoms with Gasteiger partial charge in [0.25, 0.3) is 0 Å². The van der Waals surface area contributed by atoms with Crippen LogP contribution in [0, 0.1) is 19.8 Å². The van der Waals surface area contributed by atoms with Gasteiger partial charge in [-0.15, -0.1) is 0 Å². The van der Waals surface area contributed by atoms with Crippen LogP contribution in [0.25, 0.3) is 0 Å². The number of piperidine rings is 1. The number of nitrogens with zero attached hydrogens (tertiary/aromatic N) is 5. The Labute approximate surface area is 176 Å². The smallest absolute Gasteiger partial charge is 0.248 e. The predicted octanol–water partition coefficient (Wildman–Crippen LogP) is 1.44. The number of aromatic nitrogens is 2. The number of piperazine rings is 1. The molecule has 0 aliphatic carbocycles. The number of hydrogen-bond acceptors (Lipinski definition) is 7. The Morgan fingerprint density at radius 3 is 2.53 bits per heavy atom. The van der Waals surface area contributed by atoms with Gasteiger partial charge in [0.15, 0.2) is 5.76 Å². The van der Waals surface area contributed by atoms with Gasteiger partial charge in [-0.1, -0.05) is 11.2 Å². The van der Waals surface area contributed by atoms with Crippen molar-refractivity contribution in [3.63, 3.8) is 0 Å². The Balaban J connectivity index is 1.41. The minimum Gasteiger partial charge on any atom is -0.360 e. The lowest BCUT2D eigenvalue weighted by Gasteiger charge is -2.39. The predicted molar refractivity (Wildman–Crippen MR) is 110 cm³/mol. The topological polar surface area (TPSA) is 99.8 Å². The molecular weight excluding hydrogens is 406 g/mol. The summed E-state index contributed by atoms with van der Waals surface area (Å²) in [7, 11) is -3.73. The molecule has 2 aliphatic rings. The van der Waals surface area contributed by atoms with Crippen molar-refractivity contribution in [3.05, 3.63) is 35.9 Å². The third-order valence-corrected chi connectivity index (χ3v) is 7.97. The second-order valence-corrected chi connectivity index (χ2v) is 9.73. The molecule has 2 fully saturated rings. The Hall–Kier alpha value is -2.46. The lowest BCUT2D eigenvalue weighted by Crippen LogP contribution is -2.53.